The highest BCUT2D eigenvalue weighted by molar-refractivity contribution is 9.10. The quantitative estimate of drug-likeness (QED) is 0.843. The Labute approximate surface area is 104 Å². The Morgan fingerprint density at radius 1 is 1.47 bits per heavy atom. The summed E-state index contributed by atoms with van der Waals surface area (Å²) >= 11 is 5.04. The highest BCUT2D eigenvalue weighted by Gasteiger charge is 2.22. The molecule has 2 nitrogen and oxygen atoms in total. The third-order valence-corrected chi connectivity index (χ3v) is 4.70. The average Bonchev–Trinajstić information content (AvgIpc) is 2.28. The Hall–Kier alpha value is -0.0600. The second kappa shape index (κ2) is 5.87. The molecule has 0 bridgehead atoms. The lowest BCUT2D eigenvalue weighted by Gasteiger charge is -2.24. The van der Waals surface area contributed by atoms with E-state index >= 15 is 0 Å². The number of nitrogens with zero attached hydrogens (tertiary/aromatic N) is 1. The molecule has 0 saturated carbocycles. The van der Waals surface area contributed by atoms with Crippen LogP contribution in [0.3, 0.4) is 0 Å². The smallest absolute Gasteiger partial charge is 0.110 e. The summed E-state index contributed by atoms with van der Waals surface area (Å²) in [7, 11) is 0. The Bertz CT molecular complexity index is 315. The van der Waals surface area contributed by atoms with Crippen LogP contribution in [-0.4, -0.2) is 21.4 Å². The van der Waals surface area contributed by atoms with Gasteiger partial charge in [-0.05, 0) is 40.9 Å². The van der Waals surface area contributed by atoms with Crippen LogP contribution in [0.2, 0.25) is 0 Å². The van der Waals surface area contributed by atoms with Crippen molar-refractivity contribution in [3.8, 4) is 0 Å². The van der Waals surface area contributed by atoms with Crippen LogP contribution in [-0.2, 0) is 0 Å². The van der Waals surface area contributed by atoms with Crippen molar-refractivity contribution < 1.29 is 5.11 Å². The molecule has 4 heteroatoms. The molecule has 84 valence electrons. The number of aromatic nitrogens is 1. The van der Waals surface area contributed by atoms with Gasteiger partial charge in [0.2, 0.25) is 0 Å². The van der Waals surface area contributed by atoms with Gasteiger partial charge in [-0.1, -0.05) is 13.8 Å². The van der Waals surface area contributed by atoms with Crippen molar-refractivity contribution in [2.45, 2.75) is 37.3 Å². The molecule has 1 N–H and O–H groups in total. The number of pyridine rings is 1. The van der Waals surface area contributed by atoms with Gasteiger partial charge in [-0.15, -0.1) is 11.8 Å². The topological polar surface area (TPSA) is 33.1 Å². The first-order valence-electron chi connectivity index (χ1n) is 5.07. The SMILES string of the molecule is CCC(O)(CC)CSc1ncccc1Br. The summed E-state index contributed by atoms with van der Waals surface area (Å²) in [5, 5.41) is 11.1. The molecule has 0 atom stereocenters. The number of aliphatic hydroxyl groups is 1. The van der Waals surface area contributed by atoms with Crippen LogP contribution in [0.25, 0.3) is 0 Å². The minimum Gasteiger partial charge on any atom is -0.389 e. The molecule has 1 aromatic heterocycles. The van der Waals surface area contributed by atoms with E-state index in [9.17, 15) is 5.11 Å². The maximum absolute atomic E-state index is 10.1. The van der Waals surface area contributed by atoms with Gasteiger partial charge in [0.15, 0.2) is 0 Å². The second-order valence-corrected chi connectivity index (χ2v) is 5.33. The zero-order chi connectivity index (χ0) is 11.3. The fourth-order valence-corrected chi connectivity index (χ4v) is 2.89. The van der Waals surface area contributed by atoms with Gasteiger partial charge in [0.25, 0.3) is 0 Å². The largest absolute Gasteiger partial charge is 0.389 e. The van der Waals surface area contributed by atoms with Crippen molar-refractivity contribution in [2.75, 3.05) is 5.75 Å². The lowest BCUT2D eigenvalue weighted by Crippen LogP contribution is -2.29. The standard InChI is InChI=1S/C11H16BrNOS/c1-3-11(14,4-2)8-15-10-9(12)6-5-7-13-10/h5-7,14H,3-4,8H2,1-2H3. The molecule has 1 aromatic rings. The summed E-state index contributed by atoms with van der Waals surface area (Å²) in [4.78, 5) is 4.25. The van der Waals surface area contributed by atoms with E-state index in [0.717, 1.165) is 22.3 Å². The van der Waals surface area contributed by atoms with E-state index < -0.39 is 5.60 Å². The number of hydrogen-bond acceptors (Lipinski definition) is 3. The van der Waals surface area contributed by atoms with Gasteiger partial charge in [0.1, 0.15) is 5.03 Å². The lowest BCUT2D eigenvalue weighted by molar-refractivity contribution is 0.0571. The Balaban J connectivity index is 2.61. The van der Waals surface area contributed by atoms with Crippen LogP contribution in [0.5, 0.6) is 0 Å². The minimum absolute atomic E-state index is 0.568. The molecule has 0 amide bonds. The van der Waals surface area contributed by atoms with Crippen LogP contribution in [0.1, 0.15) is 26.7 Å². The molecule has 1 heterocycles. The molecule has 0 aliphatic heterocycles. The molecule has 0 radical (unpaired) electrons. The van der Waals surface area contributed by atoms with Crippen molar-refractivity contribution in [3.05, 3.63) is 22.8 Å². The molecule has 0 saturated heterocycles. The zero-order valence-electron chi connectivity index (χ0n) is 9.03. The Kier molecular flexibility index (Phi) is 5.09. The minimum atomic E-state index is -0.568. The van der Waals surface area contributed by atoms with E-state index in [1.165, 1.54) is 0 Å². The molecule has 1 rings (SSSR count). The van der Waals surface area contributed by atoms with Gasteiger partial charge in [-0.25, -0.2) is 4.98 Å². The third-order valence-electron chi connectivity index (χ3n) is 2.52. The van der Waals surface area contributed by atoms with E-state index in [2.05, 4.69) is 20.9 Å². The van der Waals surface area contributed by atoms with Gasteiger partial charge in [-0.2, -0.15) is 0 Å². The highest BCUT2D eigenvalue weighted by Crippen LogP contribution is 2.29. The fourth-order valence-electron chi connectivity index (χ4n) is 1.13. The summed E-state index contributed by atoms with van der Waals surface area (Å²) < 4.78 is 0.990. The van der Waals surface area contributed by atoms with E-state index in [1.54, 1.807) is 18.0 Å². The van der Waals surface area contributed by atoms with Gasteiger partial charge in [0, 0.05) is 16.4 Å². The molecule has 0 aromatic carbocycles. The van der Waals surface area contributed by atoms with Crippen LogP contribution in [0, 0.1) is 0 Å². The Morgan fingerprint density at radius 3 is 2.67 bits per heavy atom. The van der Waals surface area contributed by atoms with Crippen molar-refractivity contribution >= 4 is 27.7 Å². The van der Waals surface area contributed by atoms with Gasteiger partial charge >= 0.3 is 0 Å². The molecular formula is C11H16BrNOS. The van der Waals surface area contributed by atoms with Crippen molar-refractivity contribution in [1.29, 1.82) is 0 Å². The van der Waals surface area contributed by atoms with Crippen LogP contribution < -0.4 is 0 Å². The first-order valence-corrected chi connectivity index (χ1v) is 6.85. The zero-order valence-corrected chi connectivity index (χ0v) is 11.4. The molecule has 15 heavy (non-hydrogen) atoms. The van der Waals surface area contributed by atoms with Crippen LogP contribution in [0.15, 0.2) is 27.8 Å². The maximum Gasteiger partial charge on any atom is 0.110 e. The molecular weight excluding hydrogens is 274 g/mol. The van der Waals surface area contributed by atoms with Gasteiger partial charge in [0.05, 0.1) is 5.60 Å². The van der Waals surface area contributed by atoms with Gasteiger partial charge < -0.3 is 5.11 Å². The summed E-state index contributed by atoms with van der Waals surface area (Å²) in [6.07, 6.45) is 3.33. The molecule has 0 spiro atoms. The number of halogens is 1. The first kappa shape index (κ1) is 13.0. The second-order valence-electron chi connectivity index (χ2n) is 3.51. The maximum atomic E-state index is 10.1. The van der Waals surface area contributed by atoms with Crippen LogP contribution in [0.4, 0.5) is 0 Å². The third kappa shape index (κ3) is 3.78. The monoisotopic (exact) mass is 289 g/mol. The fraction of sp³-hybridized carbons (Fsp3) is 0.545. The van der Waals surface area contributed by atoms with Crippen LogP contribution >= 0.6 is 27.7 Å². The molecule has 0 aliphatic rings. The van der Waals surface area contributed by atoms with Crippen molar-refractivity contribution in [2.24, 2.45) is 0 Å². The highest BCUT2D eigenvalue weighted by atomic mass is 79.9. The summed E-state index contributed by atoms with van der Waals surface area (Å²) in [5.74, 6) is 0.690. The van der Waals surface area contributed by atoms with Crippen molar-refractivity contribution in [3.63, 3.8) is 0 Å². The van der Waals surface area contributed by atoms with E-state index in [4.69, 9.17) is 0 Å². The van der Waals surface area contributed by atoms with Gasteiger partial charge in [-0.3, -0.25) is 0 Å². The summed E-state index contributed by atoms with van der Waals surface area (Å²) in [5.41, 5.74) is -0.568. The predicted octanol–water partition coefficient (Wildman–Crippen LogP) is 3.49. The van der Waals surface area contributed by atoms with E-state index in [-0.39, 0.29) is 0 Å². The number of thioether (sulfide) groups is 1. The molecule has 0 fully saturated rings. The van der Waals surface area contributed by atoms with E-state index in [0.29, 0.717) is 5.75 Å². The van der Waals surface area contributed by atoms with Crippen molar-refractivity contribution in [1.82, 2.24) is 4.98 Å². The van der Waals surface area contributed by atoms with E-state index in [1.807, 2.05) is 26.0 Å². The first-order chi connectivity index (χ1) is 7.11. The Morgan fingerprint density at radius 2 is 2.13 bits per heavy atom. The number of rotatable bonds is 5. The number of hydrogen-bond donors (Lipinski definition) is 1. The lowest BCUT2D eigenvalue weighted by atomic mass is 10.0. The summed E-state index contributed by atoms with van der Waals surface area (Å²) in [6, 6.07) is 3.85. The summed E-state index contributed by atoms with van der Waals surface area (Å²) in [6.45, 7) is 4.02. The molecule has 0 unspecified atom stereocenters. The average molecular weight is 290 g/mol. The normalized spacial score (nSPS) is 11.7. The predicted molar refractivity (Wildman–Crippen MR) is 68.2 cm³/mol. The molecule has 0 aliphatic carbocycles.